The maximum absolute atomic E-state index is 12.5. The summed E-state index contributed by atoms with van der Waals surface area (Å²) in [5.74, 6) is -1.35. The molecular formula is C19H20ClN3O4. The number of nitrogens with one attached hydrogen (secondary N) is 2. The van der Waals surface area contributed by atoms with Gasteiger partial charge in [-0.1, -0.05) is 24.9 Å². The molecule has 0 atom stereocenters. The number of pyridine rings is 1. The van der Waals surface area contributed by atoms with Crippen molar-refractivity contribution in [3.05, 3.63) is 58.4 Å². The summed E-state index contributed by atoms with van der Waals surface area (Å²) in [5, 5.41) is 5.64. The van der Waals surface area contributed by atoms with Crippen molar-refractivity contribution in [2.45, 2.75) is 19.8 Å². The van der Waals surface area contributed by atoms with Crippen LogP contribution in [0.2, 0.25) is 5.02 Å². The number of halogens is 1. The van der Waals surface area contributed by atoms with Gasteiger partial charge in [-0.15, -0.1) is 0 Å². The minimum absolute atomic E-state index is 0.192. The van der Waals surface area contributed by atoms with Crippen LogP contribution in [0.15, 0.2) is 36.7 Å². The molecule has 7 nitrogen and oxygen atoms in total. The van der Waals surface area contributed by atoms with E-state index in [1.54, 1.807) is 0 Å². The predicted molar refractivity (Wildman–Crippen MR) is 102 cm³/mol. The number of esters is 1. The molecule has 1 aromatic heterocycles. The third-order valence-electron chi connectivity index (χ3n) is 3.71. The first kappa shape index (κ1) is 20.4. The molecule has 0 saturated heterocycles. The molecule has 8 heteroatoms. The lowest BCUT2D eigenvalue weighted by Crippen LogP contribution is -2.25. The number of hydrogen-bond donors (Lipinski definition) is 2. The highest BCUT2D eigenvalue weighted by Gasteiger charge is 2.14. The Balaban J connectivity index is 2.16. The van der Waals surface area contributed by atoms with E-state index < -0.39 is 11.9 Å². The molecule has 0 bridgehead atoms. The molecule has 27 heavy (non-hydrogen) atoms. The molecule has 0 aliphatic carbocycles. The summed E-state index contributed by atoms with van der Waals surface area (Å²) >= 11 is 6.08. The molecule has 2 aromatic rings. The van der Waals surface area contributed by atoms with Crippen molar-refractivity contribution < 1.29 is 19.1 Å². The average molecular weight is 390 g/mol. The zero-order valence-corrected chi connectivity index (χ0v) is 15.8. The van der Waals surface area contributed by atoms with E-state index in [2.05, 4.69) is 20.4 Å². The molecule has 0 fully saturated rings. The predicted octanol–water partition coefficient (Wildman–Crippen LogP) is 3.30. The van der Waals surface area contributed by atoms with E-state index in [1.165, 1.54) is 43.8 Å². The quantitative estimate of drug-likeness (QED) is 0.559. The number of nitrogens with zero attached hydrogens (tertiary/aromatic N) is 1. The van der Waals surface area contributed by atoms with Crippen LogP contribution in [0.1, 0.15) is 50.8 Å². The molecule has 1 aromatic carbocycles. The van der Waals surface area contributed by atoms with E-state index in [-0.39, 0.29) is 33.3 Å². The molecule has 2 rings (SSSR count). The van der Waals surface area contributed by atoms with Crippen LogP contribution in [-0.2, 0) is 4.74 Å². The topological polar surface area (TPSA) is 97.4 Å². The van der Waals surface area contributed by atoms with Gasteiger partial charge in [-0.25, -0.2) is 4.79 Å². The van der Waals surface area contributed by atoms with Gasteiger partial charge in [0.1, 0.15) is 0 Å². The maximum Gasteiger partial charge on any atom is 0.337 e. The van der Waals surface area contributed by atoms with E-state index >= 15 is 0 Å². The van der Waals surface area contributed by atoms with Crippen molar-refractivity contribution in [1.29, 1.82) is 0 Å². The summed E-state index contributed by atoms with van der Waals surface area (Å²) in [6.45, 7) is 2.58. The molecule has 0 saturated carbocycles. The average Bonchev–Trinajstić information content (AvgIpc) is 2.69. The number of rotatable bonds is 7. The minimum Gasteiger partial charge on any atom is -0.465 e. The molecule has 0 unspecified atom stereocenters. The minimum atomic E-state index is -0.547. The lowest BCUT2D eigenvalue weighted by Gasteiger charge is -2.10. The first-order valence-corrected chi connectivity index (χ1v) is 8.76. The molecule has 0 aliphatic rings. The lowest BCUT2D eigenvalue weighted by atomic mass is 10.1. The summed E-state index contributed by atoms with van der Waals surface area (Å²) in [6, 6.07) is 5.84. The fourth-order valence-corrected chi connectivity index (χ4v) is 2.39. The summed E-state index contributed by atoms with van der Waals surface area (Å²) in [5.41, 5.74) is 0.979. The Kier molecular flexibility index (Phi) is 7.31. The molecule has 0 radical (unpaired) electrons. The highest BCUT2D eigenvalue weighted by molar-refractivity contribution is 6.34. The lowest BCUT2D eigenvalue weighted by molar-refractivity contribution is 0.0600. The molecule has 2 amide bonds. The van der Waals surface area contributed by atoms with Crippen LogP contribution in [0, 0.1) is 0 Å². The van der Waals surface area contributed by atoms with Gasteiger partial charge in [-0.2, -0.15) is 0 Å². The summed E-state index contributed by atoms with van der Waals surface area (Å²) in [6.07, 6.45) is 4.57. The number of methoxy groups -OCH3 is 1. The fraction of sp³-hybridized carbons (Fsp3) is 0.263. The van der Waals surface area contributed by atoms with Gasteiger partial charge in [0, 0.05) is 18.9 Å². The Morgan fingerprint density at radius 2 is 1.78 bits per heavy atom. The van der Waals surface area contributed by atoms with Crippen LogP contribution in [0.3, 0.4) is 0 Å². The molecule has 0 spiro atoms. The smallest absolute Gasteiger partial charge is 0.337 e. The molecular weight excluding hydrogens is 370 g/mol. The van der Waals surface area contributed by atoms with Crippen LogP contribution in [-0.4, -0.2) is 36.4 Å². The largest absolute Gasteiger partial charge is 0.465 e. The van der Waals surface area contributed by atoms with Crippen molar-refractivity contribution >= 4 is 35.1 Å². The first-order chi connectivity index (χ1) is 13.0. The monoisotopic (exact) mass is 389 g/mol. The second kappa shape index (κ2) is 9.68. The van der Waals surface area contributed by atoms with Crippen LogP contribution < -0.4 is 10.6 Å². The first-order valence-electron chi connectivity index (χ1n) is 8.38. The van der Waals surface area contributed by atoms with Crippen molar-refractivity contribution in [2.75, 3.05) is 19.0 Å². The number of anilines is 1. The Hall–Kier alpha value is -2.93. The number of amides is 2. The Labute approximate surface area is 162 Å². The maximum atomic E-state index is 12.5. The molecule has 1 heterocycles. The zero-order chi connectivity index (χ0) is 19.8. The van der Waals surface area contributed by atoms with Gasteiger partial charge < -0.3 is 15.4 Å². The van der Waals surface area contributed by atoms with Gasteiger partial charge in [-0.3, -0.25) is 14.6 Å². The van der Waals surface area contributed by atoms with Crippen LogP contribution >= 0.6 is 11.6 Å². The van der Waals surface area contributed by atoms with Gasteiger partial charge in [0.05, 0.1) is 34.5 Å². The molecule has 2 N–H and O–H groups in total. The SMILES string of the molecule is CCCCNC(=O)c1cncc(C(=O)Nc2cc(C(=O)OC)ccc2Cl)c1. The highest BCUT2D eigenvalue weighted by atomic mass is 35.5. The van der Waals surface area contributed by atoms with Crippen molar-refractivity contribution in [2.24, 2.45) is 0 Å². The Morgan fingerprint density at radius 1 is 1.07 bits per heavy atom. The van der Waals surface area contributed by atoms with E-state index in [0.717, 1.165) is 12.8 Å². The molecule has 142 valence electrons. The number of carbonyl (C=O) groups is 3. The third-order valence-corrected chi connectivity index (χ3v) is 4.04. The Morgan fingerprint density at radius 3 is 2.44 bits per heavy atom. The van der Waals surface area contributed by atoms with Gasteiger partial charge >= 0.3 is 5.97 Å². The summed E-state index contributed by atoms with van der Waals surface area (Å²) in [4.78, 5) is 40.2. The number of carbonyl (C=O) groups excluding carboxylic acids is 3. The van der Waals surface area contributed by atoms with Crippen molar-refractivity contribution in [1.82, 2.24) is 10.3 Å². The van der Waals surface area contributed by atoms with Crippen LogP contribution in [0.4, 0.5) is 5.69 Å². The van der Waals surface area contributed by atoms with Gasteiger partial charge in [0.25, 0.3) is 11.8 Å². The number of ether oxygens (including phenoxy) is 1. The van der Waals surface area contributed by atoms with E-state index in [1.807, 2.05) is 6.92 Å². The van der Waals surface area contributed by atoms with Gasteiger partial charge in [0.15, 0.2) is 0 Å². The zero-order valence-electron chi connectivity index (χ0n) is 15.0. The van der Waals surface area contributed by atoms with Gasteiger partial charge in [-0.05, 0) is 30.7 Å². The molecule has 0 aliphatic heterocycles. The Bertz CT molecular complexity index is 855. The number of hydrogen-bond acceptors (Lipinski definition) is 5. The van der Waals surface area contributed by atoms with Crippen molar-refractivity contribution in [3.8, 4) is 0 Å². The number of aromatic nitrogens is 1. The highest BCUT2D eigenvalue weighted by Crippen LogP contribution is 2.24. The van der Waals surface area contributed by atoms with Crippen molar-refractivity contribution in [3.63, 3.8) is 0 Å². The van der Waals surface area contributed by atoms with Crippen LogP contribution in [0.25, 0.3) is 0 Å². The summed E-state index contributed by atoms with van der Waals surface area (Å²) in [7, 11) is 1.26. The van der Waals surface area contributed by atoms with Crippen LogP contribution in [0.5, 0.6) is 0 Å². The van der Waals surface area contributed by atoms with E-state index in [4.69, 9.17) is 11.6 Å². The fourth-order valence-electron chi connectivity index (χ4n) is 2.23. The summed E-state index contributed by atoms with van der Waals surface area (Å²) < 4.78 is 4.65. The number of unbranched alkanes of at least 4 members (excludes halogenated alkanes) is 1. The van der Waals surface area contributed by atoms with E-state index in [9.17, 15) is 14.4 Å². The van der Waals surface area contributed by atoms with Gasteiger partial charge in [0.2, 0.25) is 0 Å². The second-order valence-electron chi connectivity index (χ2n) is 5.71. The third kappa shape index (κ3) is 5.52. The normalized spacial score (nSPS) is 10.2. The number of benzene rings is 1. The standard InChI is InChI=1S/C19H20ClN3O4/c1-3-4-7-22-17(24)13-8-14(11-21-10-13)18(25)23-16-9-12(19(26)27-2)5-6-15(16)20/h5-6,8-11H,3-4,7H2,1-2H3,(H,22,24)(H,23,25). The second-order valence-corrected chi connectivity index (χ2v) is 6.12. The van der Waals surface area contributed by atoms with E-state index in [0.29, 0.717) is 6.54 Å².